The van der Waals surface area contributed by atoms with Crippen molar-refractivity contribution in [1.29, 1.82) is 0 Å². The highest BCUT2D eigenvalue weighted by atomic mass is 35.5. The van der Waals surface area contributed by atoms with Crippen LogP contribution in [0.4, 0.5) is 8.78 Å². The number of hydrogen-bond donors (Lipinski definition) is 3. The molecule has 3 N–H and O–H groups in total. The van der Waals surface area contributed by atoms with Crippen LogP contribution in [0.15, 0.2) is 12.1 Å². The van der Waals surface area contributed by atoms with E-state index in [2.05, 4.69) is 0 Å². The molecule has 0 aromatic heterocycles. The molecule has 0 saturated heterocycles. The summed E-state index contributed by atoms with van der Waals surface area (Å²) in [6.07, 6.45) is -0.251. The van der Waals surface area contributed by atoms with Gasteiger partial charge in [-0.15, -0.1) is 0 Å². The Hall–Kier alpha value is -1.73. The maximum absolute atomic E-state index is 13.4. The molecule has 5 nitrogen and oxygen atoms in total. The Morgan fingerprint density at radius 3 is 2.47 bits per heavy atom. The van der Waals surface area contributed by atoms with E-state index in [1.165, 1.54) is 0 Å². The number of rotatable bonds is 5. The summed E-state index contributed by atoms with van der Waals surface area (Å²) in [4.78, 5) is 22.4. The van der Waals surface area contributed by atoms with E-state index in [4.69, 9.17) is 21.8 Å². The van der Waals surface area contributed by atoms with Crippen molar-refractivity contribution < 1.29 is 28.6 Å². The van der Waals surface area contributed by atoms with Gasteiger partial charge in [-0.3, -0.25) is 4.79 Å². The Bertz CT molecular complexity index is 510. The van der Waals surface area contributed by atoms with Crippen LogP contribution in [0.2, 0.25) is 5.02 Å². The number of benzene rings is 1. The third-order valence-electron chi connectivity index (χ3n) is 2.28. The van der Waals surface area contributed by atoms with Crippen molar-refractivity contribution >= 4 is 23.5 Å². The number of halogens is 3. The number of aliphatic hydroxyl groups is 1. The molecule has 19 heavy (non-hydrogen) atoms. The first kappa shape index (κ1) is 15.3. The highest BCUT2D eigenvalue weighted by molar-refractivity contribution is 6.30. The normalized spacial score (nSPS) is 12.0. The van der Waals surface area contributed by atoms with Crippen molar-refractivity contribution in [3.8, 4) is 0 Å². The molecule has 0 fully saturated rings. The van der Waals surface area contributed by atoms with E-state index in [1.807, 2.05) is 5.32 Å². The van der Waals surface area contributed by atoms with Crippen LogP contribution in [0.25, 0.3) is 0 Å². The lowest BCUT2D eigenvalue weighted by Gasteiger charge is -2.13. The van der Waals surface area contributed by atoms with E-state index in [1.54, 1.807) is 0 Å². The third kappa shape index (κ3) is 3.87. The van der Waals surface area contributed by atoms with Gasteiger partial charge in [0.15, 0.2) is 0 Å². The maximum atomic E-state index is 13.4. The highest BCUT2D eigenvalue weighted by Gasteiger charge is 2.22. The summed E-state index contributed by atoms with van der Waals surface area (Å²) in [6, 6.07) is -0.200. The molecule has 0 aliphatic rings. The number of aliphatic hydroxyl groups excluding tert-OH is 1. The standard InChI is InChI=1S/C11H10ClF2NO4/c12-6-4-7(13)5(3-8(6)14)10(17)15-9(1-2-16)11(18)19/h3-4,9,16H,1-2H2,(H,15,17)(H,18,19). The highest BCUT2D eigenvalue weighted by Crippen LogP contribution is 2.19. The molecular formula is C11H10ClF2NO4. The van der Waals surface area contributed by atoms with Crippen molar-refractivity contribution in [3.63, 3.8) is 0 Å². The smallest absolute Gasteiger partial charge is 0.326 e. The Labute approximate surface area is 111 Å². The zero-order chi connectivity index (χ0) is 14.6. The second-order valence-corrected chi connectivity index (χ2v) is 4.03. The molecule has 104 valence electrons. The fourth-order valence-corrected chi connectivity index (χ4v) is 1.47. The van der Waals surface area contributed by atoms with Crippen molar-refractivity contribution in [2.45, 2.75) is 12.5 Å². The van der Waals surface area contributed by atoms with Gasteiger partial charge in [0.25, 0.3) is 5.91 Å². The van der Waals surface area contributed by atoms with Crippen LogP contribution in [0.3, 0.4) is 0 Å². The van der Waals surface area contributed by atoms with Gasteiger partial charge in [-0.05, 0) is 12.1 Å². The van der Waals surface area contributed by atoms with E-state index >= 15 is 0 Å². The molecule has 0 heterocycles. The minimum absolute atomic E-state index is 0.251. The molecule has 0 radical (unpaired) electrons. The van der Waals surface area contributed by atoms with Gasteiger partial charge in [0.1, 0.15) is 17.7 Å². The molecule has 0 saturated carbocycles. The fraction of sp³-hybridized carbons (Fsp3) is 0.273. The van der Waals surface area contributed by atoms with Gasteiger partial charge in [-0.1, -0.05) is 11.6 Å². The van der Waals surface area contributed by atoms with Crippen LogP contribution >= 0.6 is 11.6 Å². The summed E-state index contributed by atoms with van der Waals surface area (Å²) in [5.41, 5.74) is -0.661. The minimum Gasteiger partial charge on any atom is -0.480 e. The van der Waals surface area contributed by atoms with E-state index in [9.17, 15) is 18.4 Å². The Morgan fingerprint density at radius 2 is 1.95 bits per heavy atom. The average Bonchev–Trinajstić information content (AvgIpc) is 2.32. The number of amides is 1. The average molecular weight is 294 g/mol. The summed E-state index contributed by atoms with van der Waals surface area (Å²) in [6.45, 7) is -0.477. The molecule has 1 aromatic rings. The first-order chi connectivity index (χ1) is 8.86. The molecule has 0 aliphatic heterocycles. The lowest BCUT2D eigenvalue weighted by atomic mass is 10.1. The molecule has 0 bridgehead atoms. The summed E-state index contributed by atoms with van der Waals surface area (Å²) in [5.74, 6) is -4.56. The first-order valence-electron chi connectivity index (χ1n) is 5.16. The van der Waals surface area contributed by atoms with Crippen molar-refractivity contribution in [2.24, 2.45) is 0 Å². The summed E-state index contributed by atoms with van der Waals surface area (Å²) in [7, 11) is 0. The van der Waals surface area contributed by atoms with Gasteiger partial charge in [-0.25, -0.2) is 13.6 Å². The molecule has 1 amide bonds. The Morgan fingerprint density at radius 1 is 1.32 bits per heavy atom. The molecule has 1 unspecified atom stereocenters. The van der Waals surface area contributed by atoms with Gasteiger partial charge in [0, 0.05) is 13.0 Å². The lowest BCUT2D eigenvalue weighted by Crippen LogP contribution is -2.41. The molecule has 8 heteroatoms. The first-order valence-corrected chi connectivity index (χ1v) is 5.53. The van der Waals surface area contributed by atoms with Crippen LogP contribution in [-0.4, -0.2) is 34.7 Å². The van der Waals surface area contributed by atoms with E-state index < -0.39 is 46.7 Å². The topological polar surface area (TPSA) is 86.6 Å². The zero-order valence-electron chi connectivity index (χ0n) is 9.49. The largest absolute Gasteiger partial charge is 0.480 e. The Balaban J connectivity index is 2.94. The number of carbonyl (C=O) groups excluding carboxylic acids is 1. The van der Waals surface area contributed by atoms with Crippen molar-refractivity contribution in [1.82, 2.24) is 5.32 Å². The predicted molar refractivity (Wildman–Crippen MR) is 62.0 cm³/mol. The summed E-state index contributed by atoms with van der Waals surface area (Å²) < 4.78 is 26.5. The second-order valence-electron chi connectivity index (χ2n) is 3.62. The molecule has 1 aromatic carbocycles. The van der Waals surface area contributed by atoms with Gasteiger partial charge in [0.05, 0.1) is 10.6 Å². The number of carboxylic acids is 1. The number of carbonyl (C=O) groups is 2. The monoisotopic (exact) mass is 293 g/mol. The number of nitrogens with one attached hydrogen (secondary N) is 1. The molecule has 0 spiro atoms. The minimum atomic E-state index is -1.39. The molecule has 1 rings (SSSR count). The van der Waals surface area contributed by atoms with Gasteiger partial charge in [0.2, 0.25) is 0 Å². The van der Waals surface area contributed by atoms with Crippen LogP contribution < -0.4 is 5.32 Å². The molecular weight excluding hydrogens is 284 g/mol. The molecule has 0 aliphatic carbocycles. The number of aliphatic carboxylic acids is 1. The van der Waals surface area contributed by atoms with E-state index in [-0.39, 0.29) is 6.42 Å². The van der Waals surface area contributed by atoms with Gasteiger partial charge < -0.3 is 15.5 Å². The van der Waals surface area contributed by atoms with Gasteiger partial charge >= 0.3 is 5.97 Å². The third-order valence-corrected chi connectivity index (χ3v) is 2.57. The summed E-state index contributed by atoms with van der Waals surface area (Å²) >= 11 is 5.32. The lowest BCUT2D eigenvalue weighted by molar-refractivity contribution is -0.139. The zero-order valence-corrected chi connectivity index (χ0v) is 10.2. The quantitative estimate of drug-likeness (QED) is 0.712. The van der Waals surface area contributed by atoms with E-state index in [0.29, 0.717) is 12.1 Å². The number of carboxylic acid groups (broad SMARTS) is 1. The van der Waals surface area contributed by atoms with Crippen molar-refractivity contribution in [2.75, 3.05) is 6.61 Å². The number of hydrogen-bond acceptors (Lipinski definition) is 3. The maximum Gasteiger partial charge on any atom is 0.326 e. The van der Waals surface area contributed by atoms with Crippen LogP contribution in [0, 0.1) is 11.6 Å². The van der Waals surface area contributed by atoms with Crippen LogP contribution in [-0.2, 0) is 4.79 Å². The Kier molecular flexibility index (Phi) is 5.20. The van der Waals surface area contributed by atoms with Gasteiger partial charge in [-0.2, -0.15) is 0 Å². The van der Waals surface area contributed by atoms with Crippen molar-refractivity contribution in [3.05, 3.63) is 34.4 Å². The second kappa shape index (κ2) is 6.44. The fourth-order valence-electron chi connectivity index (χ4n) is 1.32. The molecule has 1 atom stereocenters. The SMILES string of the molecule is O=C(NC(CCO)C(=O)O)c1cc(F)c(Cl)cc1F. The summed E-state index contributed by atoms with van der Waals surface area (Å²) in [5, 5.41) is 18.9. The van der Waals surface area contributed by atoms with Crippen LogP contribution in [0.1, 0.15) is 16.8 Å². The van der Waals surface area contributed by atoms with E-state index in [0.717, 1.165) is 0 Å². The predicted octanol–water partition coefficient (Wildman–Crippen LogP) is 1.18. The van der Waals surface area contributed by atoms with Crippen LogP contribution in [0.5, 0.6) is 0 Å².